The number of aromatic nitrogens is 1. The standard InChI is InChI=1S/C9H7ClN2O2/c1-14-9(13)4-6-2-3-8(10)12-7(6)5-11/h2-3H,4H2,1H3. The van der Waals surface area contributed by atoms with Gasteiger partial charge in [0, 0.05) is 0 Å². The minimum absolute atomic E-state index is 0.0313. The van der Waals surface area contributed by atoms with Gasteiger partial charge in [0.15, 0.2) is 0 Å². The maximum atomic E-state index is 10.9. The third-order valence-electron chi connectivity index (χ3n) is 1.61. The van der Waals surface area contributed by atoms with Crippen LogP contribution in [-0.4, -0.2) is 18.1 Å². The topological polar surface area (TPSA) is 63.0 Å². The Labute approximate surface area is 86.1 Å². The summed E-state index contributed by atoms with van der Waals surface area (Å²) < 4.78 is 4.47. The van der Waals surface area contributed by atoms with Gasteiger partial charge in [-0.25, -0.2) is 4.98 Å². The van der Waals surface area contributed by atoms with Gasteiger partial charge in [-0.2, -0.15) is 5.26 Å². The molecule has 1 rings (SSSR count). The minimum Gasteiger partial charge on any atom is -0.469 e. The van der Waals surface area contributed by atoms with Crippen LogP contribution in [0.25, 0.3) is 0 Å². The summed E-state index contributed by atoms with van der Waals surface area (Å²) in [6, 6.07) is 4.98. The van der Waals surface area contributed by atoms with E-state index in [-0.39, 0.29) is 17.3 Å². The predicted molar refractivity (Wildman–Crippen MR) is 49.7 cm³/mol. The van der Waals surface area contributed by atoms with Gasteiger partial charge in [-0.05, 0) is 11.6 Å². The lowest BCUT2D eigenvalue weighted by Gasteiger charge is -2.01. The molecule has 0 saturated carbocycles. The van der Waals surface area contributed by atoms with E-state index in [2.05, 4.69) is 9.72 Å². The van der Waals surface area contributed by atoms with Crippen LogP contribution in [0, 0.1) is 11.3 Å². The van der Waals surface area contributed by atoms with E-state index in [4.69, 9.17) is 16.9 Å². The molecule has 0 aromatic carbocycles. The summed E-state index contributed by atoms with van der Waals surface area (Å²) in [5.41, 5.74) is 0.673. The Balaban J connectivity index is 2.98. The number of nitriles is 1. The average Bonchev–Trinajstić information content (AvgIpc) is 2.20. The van der Waals surface area contributed by atoms with Gasteiger partial charge in [-0.15, -0.1) is 0 Å². The number of pyridine rings is 1. The summed E-state index contributed by atoms with van der Waals surface area (Å²) in [5.74, 6) is -0.411. The van der Waals surface area contributed by atoms with Crippen molar-refractivity contribution in [2.24, 2.45) is 0 Å². The summed E-state index contributed by atoms with van der Waals surface area (Å²) in [7, 11) is 1.29. The minimum atomic E-state index is -0.411. The fourth-order valence-electron chi connectivity index (χ4n) is 0.931. The number of ether oxygens (including phenoxy) is 1. The first-order valence-corrected chi connectivity index (χ1v) is 4.17. The van der Waals surface area contributed by atoms with Crippen molar-refractivity contribution in [1.82, 2.24) is 4.98 Å². The van der Waals surface area contributed by atoms with Crippen molar-refractivity contribution < 1.29 is 9.53 Å². The average molecular weight is 211 g/mol. The van der Waals surface area contributed by atoms with Crippen LogP contribution in [0.15, 0.2) is 12.1 Å². The van der Waals surface area contributed by atoms with E-state index < -0.39 is 5.97 Å². The van der Waals surface area contributed by atoms with Gasteiger partial charge in [0.1, 0.15) is 16.9 Å². The molecule has 0 unspecified atom stereocenters. The van der Waals surface area contributed by atoms with Gasteiger partial charge in [-0.1, -0.05) is 17.7 Å². The Morgan fingerprint density at radius 3 is 3.00 bits per heavy atom. The zero-order valence-corrected chi connectivity index (χ0v) is 8.21. The Morgan fingerprint density at radius 1 is 1.71 bits per heavy atom. The van der Waals surface area contributed by atoms with Gasteiger partial charge in [0.25, 0.3) is 0 Å². The third-order valence-corrected chi connectivity index (χ3v) is 1.82. The largest absolute Gasteiger partial charge is 0.469 e. The summed E-state index contributed by atoms with van der Waals surface area (Å²) in [4.78, 5) is 14.7. The van der Waals surface area contributed by atoms with Crippen molar-refractivity contribution in [3.8, 4) is 6.07 Å². The predicted octanol–water partition coefficient (Wildman–Crippen LogP) is 1.32. The Hall–Kier alpha value is -1.60. The summed E-state index contributed by atoms with van der Waals surface area (Å²) in [6.45, 7) is 0. The van der Waals surface area contributed by atoms with Gasteiger partial charge in [0.2, 0.25) is 0 Å². The van der Waals surface area contributed by atoms with Crippen LogP contribution >= 0.6 is 11.6 Å². The van der Waals surface area contributed by atoms with Crippen LogP contribution in [-0.2, 0) is 16.0 Å². The molecule has 0 amide bonds. The number of methoxy groups -OCH3 is 1. The molecule has 0 fully saturated rings. The van der Waals surface area contributed by atoms with Crippen molar-refractivity contribution in [3.05, 3.63) is 28.5 Å². The van der Waals surface area contributed by atoms with Crippen molar-refractivity contribution in [1.29, 1.82) is 5.26 Å². The maximum absolute atomic E-state index is 10.9. The van der Waals surface area contributed by atoms with Gasteiger partial charge in [0.05, 0.1) is 13.5 Å². The number of hydrogen-bond acceptors (Lipinski definition) is 4. The zero-order valence-electron chi connectivity index (χ0n) is 7.45. The van der Waals surface area contributed by atoms with E-state index in [1.165, 1.54) is 13.2 Å². The highest BCUT2D eigenvalue weighted by atomic mass is 35.5. The zero-order chi connectivity index (χ0) is 10.6. The Kier molecular flexibility index (Phi) is 3.43. The molecule has 0 radical (unpaired) electrons. The number of nitrogens with zero attached hydrogens (tertiary/aromatic N) is 2. The summed E-state index contributed by atoms with van der Waals surface area (Å²) in [6.07, 6.45) is 0.0313. The second-order valence-corrected chi connectivity index (χ2v) is 2.89. The molecule has 5 heteroatoms. The van der Waals surface area contributed by atoms with Crippen molar-refractivity contribution >= 4 is 17.6 Å². The summed E-state index contributed by atoms with van der Waals surface area (Å²) in [5, 5.41) is 8.94. The molecule has 0 N–H and O–H groups in total. The number of carbonyl (C=O) groups excluding carboxylic acids is 1. The first kappa shape index (κ1) is 10.5. The third kappa shape index (κ3) is 2.44. The molecule has 14 heavy (non-hydrogen) atoms. The van der Waals surface area contributed by atoms with Crippen LogP contribution < -0.4 is 0 Å². The van der Waals surface area contributed by atoms with Crippen LogP contribution in [0.1, 0.15) is 11.3 Å². The number of rotatable bonds is 2. The Morgan fingerprint density at radius 2 is 2.43 bits per heavy atom. The molecule has 0 spiro atoms. The molecule has 1 heterocycles. The first-order chi connectivity index (χ1) is 6.67. The molecule has 0 bridgehead atoms. The van der Waals surface area contributed by atoms with Crippen LogP contribution in [0.3, 0.4) is 0 Å². The van der Waals surface area contributed by atoms with Gasteiger partial charge < -0.3 is 4.74 Å². The molecule has 0 aliphatic carbocycles. The van der Waals surface area contributed by atoms with Crippen LogP contribution in [0.4, 0.5) is 0 Å². The normalized spacial score (nSPS) is 9.21. The van der Waals surface area contributed by atoms with Crippen molar-refractivity contribution in [2.75, 3.05) is 7.11 Å². The van der Waals surface area contributed by atoms with Gasteiger partial charge in [-0.3, -0.25) is 4.79 Å². The summed E-state index contributed by atoms with van der Waals surface area (Å²) >= 11 is 5.59. The number of halogens is 1. The lowest BCUT2D eigenvalue weighted by Crippen LogP contribution is -2.06. The van der Waals surface area contributed by atoms with E-state index in [9.17, 15) is 4.79 Å². The second-order valence-electron chi connectivity index (χ2n) is 2.51. The molecule has 0 atom stereocenters. The van der Waals surface area contributed by atoms with Crippen LogP contribution in [0.5, 0.6) is 0 Å². The van der Waals surface area contributed by atoms with E-state index in [0.717, 1.165) is 0 Å². The molecular weight excluding hydrogens is 204 g/mol. The molecule has 0 aliphatic rings. The fourth-order valence-corrected chi connectivity index (χ4v) is 1.08. The number of esters is 1. The van der Waals surface area contributed by atoms with Crippen molar-refractivity contribution in [3.63, 3.8) is 0 Å². The van der Waals surface area contributed by atoms with E-state index in [1.807, 2.05) is 6.07 Å². The monoisotopic (exact) mass is 210 g/mol. The maximum Gasteiger partial charge on any atom is 0.310 e. The highest BCUT2D eigenvalue weighted by Gasteiger charge is 2.09. The smallest absolute Gasteiger partial charge is 0.310 e. The number of carbonyl (C=O) groups is 1. The highest BCUT2D eigenvalue weighted by molar-refractivity contribution is 6.29. The van der Waals surface area contributed by atoms with Crippen molar-refractivity contribution in [2.45, 2.75) is 6.42 Å². The molecule has 0 aliphatic heterocycles. The fraction of sp³-hybridized carbons (Fsp3) is 0.222. The molecule has 1 aromatic rings. The van der Waals surface area contributed by atoms with E-state index in [0.29, 0.717) is 5.56 Å². The molecular formula is C9H7ClN2O2. The second kappa shape index (κ2) is 4.58. The molecule has 0 saturated heterocycles. The molecule has 4 nitrogen and oxygen atoms in total. The lowest BCUT2D eigenvalue weighted by atomic mass is 10.1. The van der Waals surface area contributed by atoms with E-state index >= 15 is 0 Å². The van der Waals surface area contributed by atoms with E-state index in [1.54, 1.807) is 6.07 Å². The first-order valence-electron chi connectivity index (χ1n) is 3.79. The van der Waals surface area contributed by atoms with Gasteiger partial charge >= 0.3 is 5.97 Å². The molecule has 1 aromatic heterocycles. The lowest BCUT2D eigenvalue weighted by molar-refractivity contribution is -0.139. The molecule has 72 valence electrons. The number of hydrogen-bond donors (Lipinski definition) is 0. The Bertz CT molecular complexity index is 398. The highest BCUT2D eigenvalue weighted by Crippen LogP contribution is 2.11. The van der Waals surface area contributed by atoms with Crippen LogP contribution in [0.2, 0.25) is 5.15 Å². The SMILES string of the molecule is COC(=O)Cc1ccc(Cl)nc1C#N. The quantitative estimate of drug-likeness (QED) is 0.546.